The molecule has 3 aromatic rings. The van der Waals surface area contributed by atoms with Crippen LogP contribution in [-0.2, 0) is 9.59 Å². The van der Waals surface area contributed by atoms with Crippen LogP contribution < -0.4 is 25.0 Å². The number of halogens is 3. The molecule has 0 radical (unpaired) electrons. The number of carbonyl (C=O) groups excluding carboxylic acids is 3. The normalized spacial score (nSPS) is 24.1. The number of aryl methyl sites for hydroxylation is 1. The van der Waals surface area contributed by atoms with Gasteiger partial charge in [0.15, 0.2) is 12.7 Å². The molecule has 4 aliphatic rings. The third-order valence-electron chi connectivity index (χ3n) is 7.83. The Balaban J connectivity index is 1.08. The number of anilines is 1. The fourth-order valence-electron chi connectivity index (χ4n) is 5.86. The number of carbonyl (C=O) groups is 3. The van der Waals surface area contributed by atoms with Crippen LogP contribution in [-0.4, -0.2) is 53.7 Å². The van der Waals surface area contributed by atoms with E-state index in [1.807, 2.05) is 0 Å². The van der Waals surface area contributed by atoms with Crippen molar-refractivity contribution in [2.75, 3.05) is 18.1 Å². The van der Waals surface area contributed by atoms with Crippen molar-refractivity contribution in [1.82, 2.24) is 15.8 Å². The molecule has 214 valence electrons. The van der Waals surface area contributed by atoms with Crippen LogP contribution in [0.1, 0.15) is 35.4 Å². The molecular formula is C28H25Cl2FN4O6. The van der Waals surface area contributed by atoms with Gasteiger partial charge in [-0.1, -0.05) is 28.4 Å². The zero-order valence-corrected chi connectivity index (χ0v) is 23.3. The minimum absolute atomic E-state index is 0.0304. The van der Waals surface area contributed by atoms with E-state index in [-0.39, 0.29) is 59.2 Å². The summed E-state index contributed by atoms with van der Waals surface area (Å²) < 4.78 is 30.1. The first-order valence-electron chi connectivity index (χ1n) is 13.0. The van der Waals surface area contributed by atoms with E-state index in [0.29, 0.717) is 41.5 Å². The Kier molecular flexibility index (Phi) is 7.03. The zero-order valence-electron chi connectivity index (χ0n) is 21.8. The number of aromatic nitrogens is 1. The second kappa shape index (κ2) is 10.5. The van der Waals surface area contributed by atoms with Crippen molar-refractivity contribution in [2.24, 2.45) is 5.92 Å². The molecular weight excluding hydrogens is 578 g/mol. The fourth-order valence-corrected chi connectivity index (χ4v) is 6.15. The maximum atomic E-state index is 13.6. The third-order valence-corrected chi connectivity index (χ3v) is 8.37. The number of fused-ring (bicyclic) bond motifs is 2. The smallest absolute Gasteiger partial charge is 0.263 e. The number of ether oxygens (including phenoxy) is 2. The van der Waals surface area contributed by atoms with Crippen molar-refractivity contribution in [1.29, 1.82) is 0 Å². The SMILES string of the molecule is Cc1oncc1C(=O)N1CC(C(=O)N[C@H]2CC3(NC(=O)COc4ccc(Cl)c(F)c4)CC2C3)Oc2ccc(Cl)cc21. The highest BCUT2D eigenvalue weighted by atomic mass is 35.5. The lowest BCUT2D eigenvalue weighted by Crippen LogP contribution is -2.53. The Morgan fingerprint density at radius 1 is 1.17 bits per heavy atom. The Hall–Kier alpha value is -3.83. The van der Waals surface area contributed by atoms with Crippen LogP contribution in [0.4, 0.5) is 10.1 Å². The van der Waals surface area contributed by atoms with Gasteiger partial charge in [-0.05, 0) is 62.4 Å². The van der Waals surface area contributed by atoms with Gasteiger partial charge in [0, 0.05) is 22.7 Å². The monoisotopic (exact) mass is 602 g/mol. The van der Waals surface area contributed by atoms with Crippen LogP contribution in [0.2, 0.25) is 10.0 Å². The molecule has 7 rings (SSSR count). The van der Waals surface area contributed by atoms with Gasteiger partial charge in [-0.3, -0.25) is 14.4 Å². The standard InChI is InChI=1S/C28H25Cl2FN4O6/c1-14-18(11-32-41-14)27(38)35-12-24(40-23-5-2-16(29)6-22(23)35)26(37)33-21-10-28(8-15(21)9-28)34-25(36)13-39-17-3-4-19(30)20(31)7-17/h2-7,11,15,21,24H,8-10,12-13H2,1H3,(H,33,37)(H,34,36)/t15?,21-,24?,28?/m0/s1. The number of rotatable bonds is 7. The number of nitrogens with zero attached hydrogens (tertiary/aromatic N) is 2. The van der Waals surface area contributed by atoms with Crippen LogP contribution in [0.3, 0.4) is 0 Å². The van der Waals surface area contributed by atoms with Crippen molar-refractivity contribution >= 4 is 46.6 Å². The summed E-state index contributed by atoms with van der Waals surface area (Å²) in [7, 11) is 0. The second-order valence-electron chi connectivity index (χ2n) is 10.6. The Morgan fingerprint density at radius 2 is 1.98 bits per heavy atom. The molecule has 3 saturated carbocycles. The number of benzene rings is 2. The van der Waals surface area contributed by atoms with Crippen LogP contribution in [0, 0.1) is 18.7 Å². The van der Waals surface area contributed by atoms with Gasteiger partial charge in [-0.25, -0.2) is 4.39 Å². The Morgan fingerprint density at radius 3 is 2.71 bits per heavy atom. The van der Waals surface area contributed by atoms with Gasteiger partial charge in [0.05, 0.1) is 23.5 Å². The molecule has 41 heavy (non-hydrogen) atoms. The van der Waals surface area contributed by atoms with E-state index in [2.05, 4.69) is 15.8 Å². The average Bonchev–Trinajstić information content (AvgIpc) is 3.60. The van der Waals surface area contributed by atoms with Crippen LogP contribution >= 0.6 is 23.2 Å². The van der Waals surface area contributed by atoms with Crippen molar-refractivity contribution in [3.8, 4) is 11.5 Å². The highest BCUT2D eigenvalue weighted by molar-refractivity contribution is 6.31. The number of hydrogen-bond acceptors (Lipinski definition) is 7. The zero-order chi connectivity index (χ0) is 28.9. The molecule has 1 aliphatic heterocycles. The molecule has 13 heteroatoms. The van der Waals surface area contributed by atoms with Crippen molar-refractivity contribution < 1.29 is 32.8 Å². The summed E-state index contributed by atoms with van der Waals surface area (Å²) >= 11 is 11.9. The van der Waals surface area contributed by atoms with Crippen LogP contribution in [0.5, 0.6) is 11.5 Å². The molecule has 3 fully saturated rings. The lowest BCUT2D eigenvalue weighted by atomic mass is 9.76. The summed E-state index contributed by atoms with van der Waals surface area (Å²) in [5.41, 5.74) is 0.274. The summed E-state index contributed by atoms with van der Waals surface area (Å²) in [5, 5.41) is 10.2. The van der Waals surface area contributed by atoms with Gasteiger partial charge < -0.3 is 29.5 Å². The summed E-state index contributed by atoms with van der Waals surface area (Å²) in [6.07, 6.45) is 2.34. The van der Waals surface area contributed by atoms with E-state index in [9.17, 15) is 18.8 Å². The Labute approximate surface area is 244 Å². The van der Waals surface area contributed by atoms with Gasteiger partial charge in [-0.2, -0.15) is 0 Å². The molecule has 2 heterocycles. The predicted octanol–water partition coefficient (Wildman–Crippen LogP) is 4.07. The summed E-state index contributed by atoms with van der Waals surface area (Å²) in [6.45, 7) is 1.32. The van der Waals surface area contributed by atoms with E-state index >= 15 is 0 Å². The highest BCUT2D eigenvalue weighted by Gasteiger charge is 2.57. The Bertz CT molecular complexity index is 1540. The van der Waals surface area contributed by atoms with Gasteiger partial charge in [-0.15, -0.1) is 0 Å². The molecule has 1 aromatic heterocycles. The molecule has 3 amide bonds. The molecule has 10 nitrogen and oxygen atoms in total. The average molecular weight is 603 g/mol. The molecule has 2 atom stereocenters. The van der Waals surface area contributed by atoms with E-state index < -0.39 is 17.5 Å². The number of hydrogen-bond donors (Lipinski definition) is 2. The van der Waals surface area contributed by atoms with Crippen LogP contribution in [0.15, 0.2) is 47.1 Å². The lowest BCUT2D eigenvalue weighted by Gasteiger charge is -2.39. The maximum Gasteiger partial charge on any atom is 0.263 e. The summed E-state index contributed by atoms with van der Waals surface area (Å²) in [6, 6.07) is 8.65. The van der Waals surface area contributed by atoms with Gasteiger partial charge in [0.1, 0.15) is 28.6 Å². The van der Waals surface area contributed by atoms with Gasteiger partial charge >= 0.3 is 0 Å². The fraction of sp³-hybridized carbons (Fsp3) is 0.357. The van der Waals surface area contributed by atoms with E-state index in [0.717, 1.165) is 6.07 Å². The quantitative estimate of drug-likeness (QED) is 0.418. The topological polar surface area (TPSA) is 123 Å². The van der Waals surface area contributed by atoms with Crippen molar-refractivity contribution in [2.45, 2.75) is 43.9 Å². The van der Waals surface area contributed by atoms with Gasteiger partial charge in [0.25, 0.3) is 17.7 Å². The first-order valence-corrected chi connectivity index (χ1v) is 13.7. The molecule has 1 unspecified atom stereocenters. The highest BCUT2D eigenvalue weighted by Crippen LogP contribution is 2.52. The van der Waals surface area contributed by atoms with Crippen molar-refractivity contribution in [3.63, 3.8) is 0 Å². The molecule has 2 aromatic carbocycles. The number of nitrogens with one attached hydrogen (secondary N) is 2. The minimum Gasteiger partial charge on any atom is -0.484 e. The molecule has 0 spiro atoms. The minimum atomic E-state index is -0.968. The van der Waals surface area contributed by atoms with E-state index in [1.165, 1.54) is 23.2 Å². The maximum absolute atomic E-state index is 13.6. The van der Waals surface area contributed by atoms with Gasteiger partial charge in [0.2, 0.25) is 0 Å². The van der Waals surface area contributed by atoms with E-state index in [1.54, 1.807) is 25.1 Å². The molecule has 2 bridgehead atoms. The molecule has 0 saturated heterocycles. The first-order chi connectivity index (χ1) is 19.6. The van der Waals surface area contributed by atoms with Crippen LogP contribution in [0.25, 0.3) is 0 Å². The third kappa shape index (κ3) is 5.31. The first kappa shape index (κ1) is 27.3. The molecule has 2 N–H and O–H groups in total. The lowest BCUT2D eigenvalue weighted by molar-refractivity contribution is -0.129. The van der Waals surface area contributed by atoms with E-state index in [4.69, 9.17) is 37.2 Å². The predicted molar refractivity (Wildman–Crippen MR) is 146 cm³/mol. The number of amides is 3. The second-order valence-corrected chi connectivity index (χ2v) is 11.5. The van der Waals surface area contributed by atoms with Crippen molar-refractivity contribution in [3.05, 3.63) is 69.8 Å². The summed E-state index contributed by atoms with van der Waals surface area (Å²) in [4.78, 5) is 40.8. The summed E-state index contributed by atoms with van der Waals surface area (Å²) in [5.74, 6) is -0.620. The largest absolute Gasteiger partial charge is 0.484 e. The molecule has 3 aliphatic carbocycles.